The molecule has 1 amide bonds. The van der Waals surface area contributed by atoms with Crippen LogP contribution >= 0.6 is 0 Å². The van der Waals surface area contributed by atoms with Gasteiger partial charge in [0.15, 0.2) is 0 Å². The van der Waals surface area contributed by atoms with E-state index in [0.29, 0.717) is 18.4 Å². The molecule has 1 saturated heterocycles. The normalized spacial score (nSPS) is 43.5. The Morgan fingerprint density at radius 1 is 1.29 bits per heavy atom. The summed E-state index contributed by atoms with van der Waals surface area (Å²) in [6.07, 6.45) is 5.97. The van der Waals surface area contributed by atoms with Crippen molar-refractivity contribution in [3.63, 3.8) is 0 Å². The van der Waals surface area contributed by atoms with Crippen molar-refractivity contribution >= 4 is 11.6 Å². The summed E-state index contributed by atoms with van der Waals surface area (Å²) in [4.78, 5) is 15.5. The van der Waals surface area contributed by atoms with Crippen molar-refractivity contribution in [2.45, 2.75) is 72.3 Å². The highest BCUT2D eigenvalue weighted by molar-refractivity contribution is 6.02. The van der Waals surface area contributed by atoms with Gasteiger partial charge in [0.1, 0.15) is 0 Å². The number of hydrogen-bond acceptors (Lipinski definition) is 3. The van der Waals surface area contributed by atoms with Crippen LogP contribution in [0.5, 0.6) is 0 Å². The van der Waals surface area contributed by atoms with Gasteiger partial charge in [-0.2, -0.15) is 0 Å². The number of likely N-dealkylation sites (tertiary alicyclic amines) is 1. The maximum atomic E-state index is 13.4. The van der Waals surface area contributed by atoms with Crippen molar-refractivity contribution in [1.29, 1.82) is 0 Å². The SMILES string of the molecule is CC1CCCCN1C(=O)C12CCC(C)(/C(=N\O)C1)C2(C)C. The summed E-state index contributed by atoms with van der Waals surface area (Å²) < 4.78 is 0. The largest absolute Gasteiger partial charge is 0.411 e. The van der Waals surface area contributed by atoms with Crippen molar-refractivity contribution < 1.29 is 10.0 Å². The fraction of sp³-hybridized carbons (Fsp3) is 0.882. The van der Waals surface area contributed by atoms with E-state index in [-0.39, 0.29) is 16.2 Å². The van der Waals surface area contributed by atoms with Gasteiger partial charge in [-0.1, -0.05) is 25.9 Å². The summed E-state index contributed by atoms with van der Waals surface area (Å²) in [5, 5.41) is 13.0. The minimum Gasteiger partial charge on any atom is -0.411 e. The van der Waals surface area contributed by atoms with Crippen molar-refractivity contribution in [2.75, 3.05) is 6.54 Å². The topological polar surface area (TPSA) is 52.9 Å². The summed E-state index contributed by atoms with van der Waals surface area (Å²) in [6.45, 7) is 9.63. The summed E-state index contributed by atoms with van der Waals surface area (Å²) in [5.74, 6) is 0.307. The number of nitrogens with zero attached hydrogens (tertiary/aromatic N) is 2. The third-order valence-corrected chi connectivity index (χ3v) is 7.33. The molecule has 2 bridgehead atoms. The number of hydrogen-bond donors (Lipinski definition) is 1. The number of carbonyl (C=O) groups excluding carboxylic acids is 1. The third-order valence-electron chi connectivity index (χ3n) is 7.33. The van der Waals surface area contributed by atoms with E-state index in [9.17, 15) is 10.0 Å². The lowest BCUT2D eigenvalue weighted by Gasteiger charge is -2.44. The summed E-state index contributed by atoms with van der Waals surface area (Å²) >= 11 is 0. The molecular weight excluding hydrogens is 264 g/mol. The van der Waals surface area contributed by atoms with Crippen LogP contribution in [0.4, 0.5) is 0 Å². The first-order valence-corrected chi connectivity index (χ1v) is 8.33. The van der Waals surface area contributed by atoms with Gasteiger partial charge < -0.3 is 10.1 Å². The molecule has 0 aromatic heterocycles. The molecule has 21 heavy (non-hydrogen) atoms. The Labute approximate surface area is 127 Å². The quantitative estimate of drug-likeness (QED) is 0.594. The molecule has 3 rings (SSSR count). The van der Waals surface area contributed by atoms with Crippen LogP contribution in [0.3, 0.4) is 0 Å². The van der Waals surface area contributed by atoms with Gasteiger partial charge in [-0.25, -0.2) is 0 Å². The third kappa shape index (κ3) is 1.62. The Balaban J connectivity index is 1.99. The molecule has 3 atom stereocenters. The molecule has 1 heterocycles. The number of fused-ring (bicyclic) bond motifs is 2. The van der Waals surface area contributed by atoms with E-state index < -0.39 is 0 Å². The van der Waals surface area contributed by atoms with Crippen LogP contribution in [0.25, 0.3) is 0 Å². The van der Waals surface area contributed by atoms with Crippen LogP contribution in [0, 0.1) is 16.2 Å². The fourth-order valence-corrected chi connectivity index (χ4v) is 5.18. The van der Waals surface area contributed by atoms with Crippen molar-refractivity contribution in [2.24, 2.45) is 21.4 Å². The molecule has 4 nitrogen and oxygen atoms in total. The van der Waals surface area contributed by atoms with Gasteiger partial charge in [0.25, 0.3) is 0 Å². The van der Waals surface area contributed by atoms with E-state index in [0.717, 1.165) is 37.9 Å². The first kappa shape index (κ1) is 14.9. The molecule has 2 aliphatic carbocycles. The molecule has 1 N–H and O–H groups in total. The minimum absolute atomic E-state index is 0.142. The Kier molecular flexibility index (Phi) is 3.16. The van der Waals surface area contributed by atoms with E-state index in [2.05, 4.69) is 37.8 Å². The molecule has 2 saturated carbocycles. The first-order chi connectivity index (χ1) is 9.80. The fourth-order valence-electron chi connectivity index (χ4n) is 5.18. The van der Waals surface area contributed by atoms with Crippen LogP contribution in [0.1, 0.15) is 66.2 Å². The lowest BCUT2D eigenvalue weighted by atomic mass is 9.64. The van der Waals surface area contributed by atoms with Gasteiger partial charge in [-0.15, -0.1) is 0 Å². The molecule has 3 unspecified atom stereocenters. The smallest absolute Gasteiger partial charge is 0.229 e. The highest BCUT2D eigenvalue weighted by Crippen LogP contribution is 2.71. The lowest BCUT2D eigenvalue weighted by Crippen LogP contribution is -2.52. The predicted molar refractivity (Wildman–Crippen MR) is 82.4 cm³/mol. The molecule has 0 radical (unpaired) electrons. The monoisotopic (exact) mass is 292 g/mol. The van der Waals surface area contributed by atoms with E-state index in [1.54, 1.807) is 0 Å². The molecule has 1 aliphatic heterocycles. The molecule has 4 heteroatoms. The van der Waals surface area contributed by atoms with E-state index >= 15 is 0 Å². The van der Waals surface area contributed by atoms with E-state index in [4.69, 9.17) is 0 Å². The lowest BCUT2D eigenvalue weighted by molar-refractivity contribution is -0.151. The molecular formula is C17H28N2O2. The number of amides is 1. The molecule has 3 fully saturated rings. The average Bonchev–Trinajstić information content (AvgIpc) is 2.76. The standard InChI is InChI=1S/C17H28N2O2/c1-12-7-5-6-10-19(12)14(20)17-9-8-16(4,15(17,2)3)13(11-17)18-21/h12,21H,5-11H2,1-4H3/b18-13-. The Bertz CT molecular complexity index is 499. The minimum atomic E-state index is -0.366. The van der Waals surface area contributed by atoms with Gasteiger partial charge in [-0.05, 0) is 44.4 Å². The molecule has 0 aromatic carbocycles. The Morgan fingerprint density at radius 3 is 2.57 bits per heavy atom. The first-order valence-electron chi connectivity index (χ1n) is 8.33. The predicted octanol–water partition coefficient (Wildman–Crippen LogP) is 3.43. The van der Waals surface area contributed by atoms with Crippen LogP contribution < -0.4 is 0 Å². The summed E-state index contributed by atoms with van der Waals surface area (Å²) in [7, 11) is 0. The maximum Gasteiger partial charge on any atom is 0.229 e. The van der Waals surface area contributed by atoms with Gasteiger partial charge in [0.05, 0.1) is 11.1 Å². The van der Waals surface area contributed by atoms with Gasteiger partial charge in [0.2, 0.25) is 5.91 Å². The maximum absolute atomic E-state index is 13.4. The van der Waals surface area contributed by atoms with Gasteiger partial charge in [0, 0.05) is 24.4 Å². The average molecular weight is 292 g/mol. The zero-order chi connectivity index (χ0) is 15.5. The second kappa shape index (κ2) is 4.47. The molecule has 0 aromatic rings. The van der Waals surface area contributed by atoms with Gasteiger partial charge >= 0.3 is 0 Å². The van der Waals surface area contributed by atoms with Crippen molar-refractivity contribution in [3.05, 3.63) is 0 Å². The molecule has 118 valence electrons. The van der Waals surface area contributed by atoms with E-state index in [1.165, 1.54) is 6.42 Å². The summed E-state index contributed by atoms with van der Waals surface area (Å²) in [6, 6.07) is 0.346. The Morgan fingerprint density at radius 2 is 2.00 bits per heavy atom. The second-order valence-electron chi connectivity index (χ2n) is 8.11. The van der Waals surface area contributed by atoms with Crippen molar-refractivity contribution in [1.82, 2.24) is 4.90 Å². The number of piperidine rings is 1. The van der Waals surface area contributed by atoms with Crippen LogP contribution in [0.15, 0.2) is 5.16 Å². The number of oxime groups is 1. The van der Waals surface area contributed by atoms with Gasteiger partial charge in [-0.3, -0.25) is 4.79 Å². The zero-order valence-corrected chi connectivity index (χ0v) is 13.8. The highest BCUT2D eigenvalue weighted by atomic mass is 16.4. The van der Waals surface area contributed by atoms with Crippen LogP contribution in [-0.4, -0.2) is 34.3 Å². The van der Waals surface area contributed by atoms with Crippen LogP contribution in [-0.2, 0) is 4.79 Å². The second-order valence-corrected chi connectivity index (χ2v) is 8.11. The number of rotatable bonds is 1. The Hall–Kier alpha value is -1.06. The van der Waals surface area contributed by atoms with Crippen molar-refractivity contribution in [3.8, 4) is 0 Å². The molecule has 0 spiro atoms. The highest BCUT2D eigenvalue weighted by Gasteiger charge is 2.72. The van der Waals surface area contributed by atoms with Crippen LogP contribution in [0.2, 0.25) is 0 Å². The summed E-state index contributed by atoms with van der Waals surface area (Å²) in [5.41, 5.74) is 0.179. The number of carbonyl (C=O) groups is 1. The van der Waals surface area contributed by atoms with E-state index in [1.807, 2.05) is 0 Å². The molecule has 3 aliphatic rings. The zero-order valence-electron chi connectivity index (χ0n) is 13.8.